The lowest BCUT2D eigenvalue weighted by atomic mass is 10.3. The van der Waals surface area contributed by atoms with Crippen LogP contribution in [0.4, 0.5) is 5.69 Å². The molecular formula is C19H19ClN4O3S. The summed E-state index contributed by atoms with van der Waals surface area (Å²) in [6, 6.07) is 14.4. The van der Waals surface area contributed by atoms with E-state index in [0.717, 1.165) is 0 Å². The standard InChI is InChI=1S/C19H19ClN4O3S/c1-24-17(11-27-16-9-4-3-8-15(16)20)22-23-19(24)28-12-18(25)21-13-6-5-7-14(10-13)26-2/h3-10H,11-12H2,1-2H3,(H,21,25). The third-order valence-electron chi connectivity index (χ3n) is 3.80. The molecule has 2 aromatic carbocycles. The number of amides is 1. The number of ether oxygens (including phenoxy) is 2. The van der Waals surface area contributed by atoms with Crippen molar-refractivity contribution in [3.63, 3.8) is 0 Å². The van der Waals surface area contributed by atoms with Crippen molar-refractivity contribution in [2.75, 3.05) is 18.2 Å². The van der Waals surface area contributed by atoms with Crippen molar-refractivity contribution in [1.82, 2.24) is 14.8 Å². The van der Waals surface area contributed by atoms with E-state index in [4.69, 9.17) is 21.1 Å². The van der Waals surface area contributed by atoms with Crippen molar-refractivity contribution in [3.05, 3.63) is 59.4 Å². The van der Waals surface area contributed by atoms with Gasteiger partial charge in [0.25, 0.3) is 0 Å². The van der Waals surface area contributed by atoms with Gasteiger partial charge in [0.1, 0.15) is 18.1 Å². The Labute approximate surface area is 172 Å². The van der Waals surface area contributed by atoms with Gasteiger partial charge in [-0.15, -0.1) is 10.2 Å². The van der Waals surface area contributed by atoms with E-state index >= 15 is 0 Å². The second-order valence-corrected chi connectivity index (χ2v) is 7.10. The predicted octanol–water partition coefficient (Wildman–Crippen LogP) is 3.79. The Kier molecular flexibility index (Phi) is 6.78. The summed E-state index contributed by atoms with van der Waals surface area (Å²) < 4.78 is 12.6. The molecule has 0 saturated carbocycles. The second kappa shape index (κ2) is 9.48. The number of para-hydroxylation sites is 1. The molecule has 7 nitrogen and oxygen atoms in total. The molecular weight excluding hydrogens is 400 g/mol. The SMILES string of the molecule is COc1cccc(NC(=O)CSc2nnc(COc3ccccc3Cl)n2C)c1. The number of rotatable bonds is 8. The number of carbonyl (C=O) groups is 1. The maximum absolute atomic E-state index is 12.2. The van der Waals surface area contributed by atoms with E-state index in [0.29, 0.717) is 33.2 Å². The van der Waals surface area contributed by atoms with Crippen LogP contribution in [0.2, 0.25) is 5.02 Å². The molecule has 1 N–H and O–H groups in total. The molecule has 146 valence electrons. The molecule has 1 heterocycles. The van der Waals surface area contributed by atoms with Gasteiger partial charge in [-0.25, -0.2) is 0 Å². The molecule has 0 aliphatic carbocycles. The van der Waals surface area contributed by atoms with E-state index in [2.05, 4.69) is 15.5 Å². The lowest BCUT2D eigenvalue weighted by Gasteiger charge is -2.08. The molecule has 1 aromatic heterocycles. The highest BCUT2D eigenvalue weighted by molar-refractivity contribution is 7.99. The Morgan fingerprint density at radius 2 is 2.04 bits per heavy atom. The molecule has 3 rings (SSSR count). The van der Waals surface area contributed by atoms with Crippen molar-refractivity contribution in [3.8, 4) is 11.5 Å². The molecule has 0 aliphatic heterocycles. The highest BCUT2D eigenvalue weighted by Gasteiger charge is 2.13. The van der Waals surface area contributed by atoms with Gasteiger partial charge in [-0.3, -0.25) is 4.79 Å². The molecule has 28 heavy (non-hydrogen) atoms. The Morgan fingerprint density at radius 3 is 2.82 bits per heavy atom. The zero-order chi connectivity index (χ0) is 19.9. The average molecular weight is 419 g/mol. The number of nitrogens with zero attached hydrogens (tertiary/aromatic N) is 3. The number of halogens is 1. The molecule has 0 aliphatic rings. The molecule has 0 radical (unpaired) electrons. The predicted molar refractivity (Wildman–Crippen MR) is 109 cm³/mol. The minimum absolute atomic E-state index is 0.143. The fourth-order valence-electron chi connectivity index (χ4n) is 2.33. The van der Waals surface area contributed by atoms with Gasteiger partial charge in [-0.1, -0.05) is 41.6 Å². The maximum Gasteiger partial charge on any atom is 0.234 e. The maximum atomic E-state index is 12.2. The van der Waals surface area contributed by atoms with Crippen molar-refractivity contribution in [1.29, 1.82) is 0 Å². The Balaban J connectivity index is 1.53. The van der Waals surface area contributed by atoms with Crippen LogP contribution in [0.1, 0.15) is 5.82 Å². The van der Waals surface area contributed by atoms with Crippen LogP contribution in [0.3, 0.4) is 0 Å². The minimum Gasteiger partial charge on any atom is -0.497 e. The number of anilines is 1. The molecule has 1 amide bonds. The molecule has 0 spiro atoms. The topological polar surface area (TPSA) is 78.3 Å². The van der Waals surface area contributed by atoms with Crippen molar-refractivity contribution >= 4 is 35.0 Å². The summed E-state index contributed by atoms with van der Waals surface area (Å²) in [7, 11) is 3.41. The van der Waals surface area contributed by atoms with Crippen molar-refractivity contribution in [2.24, 2.45) is 7.05 Å². The fraction of sp³-hybridized carbons (Fsp3) is 0.211. The van der Waals surface area contributed by atoms with E-state index in [1.165, 1.54) is 11.8 Å². The first-order valence-corrected chi connectivity index (χ1v) is 9.75. The summed E-state index contributed by atoms with van der Waals surface area (Å²) in [5.74, 6) is 1.96. The number of benzene rings is 2. The van der Waals surface area contributed by atoms with E-state index in [1.807, 2.05) is 31.3 Å². The summed E-state index contributed by atoms with van der Waals surface area (Å²) in [6.45, 7) is 0.226. The van der Waals surface area contributed by atoms with Gasteiger partial charge >= 0.3 is 0 Å². The first-order valence-electron chi connectivity index (χ1n) is 8.39. The molecule has 0 bridgehead atoms. The second-order valence-electron chi connectivity index (χ2n) is 5.75. The van der Waals surface area contributed by atoms with E-state index in [1.54, 1.807) is 35.9 Å². The highest BCUT2D eigenvalue weighted by Crippen LogP contribution is 2.24. The highest BCUT2D eigenvalue weighted by atomic mass is 35.5. The monoisotopic (exact) mass is 418 g/mol. The van der Waals surface area contributed by atoms with Crippen molar-refractivity contribution < 1.29 is 14.3 Å². The smallest absolute Gasteiger partial charge is 0.234 e. The van der Waals surface area contributed by atoms with Crippen LogP contribution in [0.15, 0.2) is 53.7 Å². The summed E-state index contributed by atoms with van der Waals surface area (Å²) >= 11 is 7.38. The summed E-state index contributed by atoms with van der Waals surface area (Å²) in [5.41, 5.74) is 0.678. The Hall–Kier alpha value is -2.71. The van der Waals surface area contributed by atoms with Gasteiger partial charge in [0.05, 0.1) is 17.9 Å². The Morgan fingerprint density at radius 1 is 1.21 bits per heavy atom. The first kappa shape index (κ1) is 20.0. The third kappa shape index (κ3) is 5.17. The number of methoxy groups -OCH3 is 1. The number of aromatic nitrogens is 3. The zero-order valence-electron chi connectivity index (χ0n) is 15.4. The average Bonchev–Trinajstić information content (AvgIpc) is 3.05. The van der Waals surface area contributed by atoms with Crippen LogP contribution in [0, 0.1) is 0 Å². The van der Waals surface area contributed by atoms with Crippen LogP contribution in [0.5, 0.6) is 11.5 Å². The molecule has 0 unspecified atom stereocenters. The molecule has 0 fully saturated rings. The van der Waals surface area contributed by atoms with Crippen LogP contribution < -0.4 is 14.8 Å². The Bertz CT molecular complexity index is 964. The lowest BCUT2D eigenvalue weighted by molar-refractivity contribution is -0.113. The molecule has 3 aromatic rings. The number of nitrogens with one attached hydrogen (secondary N) is 1. The zero-order valence-corrected chi connectivity index (χ0v) is 17.0. The summed E-state index contributed by atoms with van der Waals surface area (Å²) in [4.78, 5) is 12.2. The third-order valence-corrected chi connectivity index (χ3v) is 5.14. The first-order chi connectivity index (χ1) is 13.6. The largest absolute Gasteiger partial charge is 0.497 e. The van der Waals surface area contributed by atoms with Crippen molar-refractivity contribution in [2.45, 2.75) is 11.8 Å². The summed E-state index contributed by atoms with van der Waals surface area (Å²) in [6.07, 6.45) is 0. The lowest BCUT2D eigenvalue weighted by Crippen LogP contribution is -2.14. The van der Waals surface area contributed by atoms with Crippen LogP contribution in [0.25, 0.3) is 0 Å². The number of thioether (sulfide) groups is 1. The van der Waals surface area contributed by atoms with Gasteiger partial charge in [0.2, 0.25) is 5.91 Å². The van der Waals surface area contributed by atoms with E-state index in [-0.39, 0.29) is 18.3 Å². The van der Waals surface area contributed by atoms with E-state index < -0.39 is 0 Å². The molecule has 0 saturated heterocycles. The van der Waals surface area contributed by atoms with Gasteiger partial charge < -0.3 is 19.4 Å². The molecule has 9 heteroatoms. The van der Waals surface area contributed by atoms with Gasteiger partial charge in [0.15, 0.2) is 11.0 Å². The van der Waals surface area contributed by atoms with Gasteiger partial charge in [-0.05, 0) is 24.3 Å². The normalized spacial score (nSPS) is 10.5. The van der Waals surface area contributed by atoms with Crippen LogP contribution in [-0.4, -0.2) is 33.5 Å². The van der Waals surface area contributed by atoms with E-state index in [9.17, 15) is 4.79 Å². The number of carbonyl (C=O) groups excluding carboxylic acids is 1. The quantitative estimate of drug-likeness (QED) is 0.561. The summed E-state index contributed by atoms with van der Waals surface area (Å²) in [5, 5.41) is 12.2. The van der Waals surface area contributed by atoms with Gasteiger partial charge in [0, 0.05) is 18.8 Å². The number of hydrogen-bond donors (Lipinski definition) is 1. The molecule has 0 atom stereocenters. The minimum atomic E-state index is -0.143. The number of hydrogen-bond acceptors (Lipinski definition) is 6. The van der Waals surface area contributed by atoms with Crippen LogP contribution >= 0.6 is 23.4 Å². The van der Waals surface area contributed by atoms with Crippen LogP contribution in [-0.2, 0) is 18.4 Å². The van der Waals surface area contributed by atoms with Gasteiger partial charge in [-0.2, -0.15) is 0 Å². The fourth-order valence-corrected chi connectivity index (χ4v) is 3.25.